The van der Waals surface area contributed by atoms with Gasteiger partial charge in [-0.15, -0.1) is 0 Å². The molecule has 0 aliphatic carbocycles. The van der Waals surface area contributed by atoms with Crippen molar-refractivity contribution in [2.24, 2.45) is 0 Å². The fourth-order valence-electron chi connectivity index (χ4n) is 5.28. The lowest BCUT2D eigenvalue weighted by Gasteiger charge is -2.38. The monoisotopic (exact) mass is 415 g/mol. The van der Waals surface area contributed by atoms with E-state index in [9.17, 15) is 0 Å². The molecule has 1 N–H and O–H groups in total. The van der Waals surface area contributed by atoms with Crippen LogP contribution >= 0.6 is 0 Å². The van der Waals surface area contributed by atoms with Crippen molar-refractivity contribution in [3.8, 4) is 0 Å². The van der Waals surface area contributed by atoms with E-state index < -0.39 is 5.41 Å². The molecule has 0 atom stereocenters. The maximum atomic E-state index is 3.69. The van der Waals surface area contributed by atoms with E-state index in [1.165, 1.54) is 39.1 Å². The van der Waals surface area contributed by atoms with Gasteiger partial charge in [-0.1, -0.05) is 103 Å². The summed E-state index contributed by atoms with van der Waals surface area (Å²) in [5.41, 5.74) is 8.40. The van der Waals surface area contributed by atoms with Crippen LogP contribution in [0.15, 0.2) is 115 Å². The maximum absolute atomic E-state index is 3.69. The van der Waals surface area contributed by atoms with E-state index in [4.69, 9.17) is 0 Å². The summed E-state index contributed by atoms with van der Waals surface area (Å²) in [6, 6.07) is 39.6. The second-order valence-electron chi connectivity index (χ2n) is 9.28. The van der Waals surface area contributed by atoms with Crippen LogP contribution in [0.3, 0.4) is 0 Å². The van der Waals surface area contributed by atoms with Gasteiger partial charge in [-0.3, -0.25) is 0 Å². The lowest BCUT2D eigenvalue weighted by molar-refractivity contribution is 0.705. The Morgan fingerprint density at radius 2 is 1.06 bits per heavy atom. The Morgan fingerprint density at radius 3 is 1.53 bits per heavy atom. The lowest BCUT2D eigenvalue weighted by Crippen LogP contribution is -2.33. The van der Waals surface area contributed by atoms with Crippen molar-refractivity contribution in [1.82, 2.24) is 0 Å². The van der Waals surface area contributed by atoms with Crippen LogP contribution in [0.25, 0.3) is 5.57 Å². The minimum atomic E-state index is -0.411. The molecule has 0 radical (unpaired) electrons. The number of rotatable bonds is 4. The van der Waals surface area contributed by atoms with Gasteiger partial charge in [0.05, 0.1) is 11.0 Å². The Balaban J connectivity index is 1.85. The molecule has 1 heteroatoms. The SMILES string of the molecule is CC1=CC(C)(C)Nc2ccc(C(c3ccccc3)(c3ccccc3)c3ccccc3)cc21. The van der Waals surface area contributed by atoms with Crippen molar-refractivity contribution < 1.29 is 0 Å². The summed E-state index contributed by atoms with van der Waals surface area (Å²) in [4.78, 5) is 0. The second-order valence-corrected chi connectivity index (χ2v) is 9.28. The average Bonchev–Trinajstić information content (AvgIpc) is 2.81. The molecule has 0 unspecified atom stereocenters. The predicted molar refractivity (Wildman–Crippen MR) is 136 cm³/mol. The Kier molecular flexibility index (Phi) is 4.98. The summed E-state index contributed by atoms with van der Waals surface area (Å²) in [5, 5.41) is 3.69. The highest BCUT2D eigenvalue weighted by Gasteiger charge is 2.39. The number of allylic oxidation sites excluding steroid dienone is 1. The van der Waals surface area contributed by atoms with Gasteiger partial charge in [0.15, 0.2) is 0 Å². The number of nitrogens with one attached hydrogen (secondary N) is 1. The maximum Gasteiger partial charge on any atom is 0.0701 e. The summed E-state index contributed by atoms with van der Waals surface area (Å²) in [6.07, 6.45) is 2.33. The largest absolute Gasteiger partial charge is 0.376 e. The van der Waals surface area contributed by atoms with Crippen LogP contribution in [-0.4, -0.2) is 5.54 Å². The van der Waals surface area contributed by atoms with Crippen LogP contribution in [0.4, 0.5) is 5.69 Å². The van der Waals surface area contributed by atoms with Crippen LogP contribution in [-0.2, 0) is 5.41 Å². The number of fused-ring (bicyclic) bond motifs is 1. The number of hydrogen-bond donors (Lipinski definition) is 1. The molecule has 4 aromatic carbocycles. The van der Waals surface area contributed by atoms with Gasteiger partial charge >= 0.3 is 0 Å². The average molecular weight is 416 g/mol. The van der Waals surface area contributed by atoms with Gasteiger partial charge in [-0.2, -0.15) is 0 Å². The molecule has 0 bridgehead atoms. The summed E-state index contributed by atoms with van der Waals surface area (Å²) in [5.74, 6) is 0. The van der Waals surface area contributed by atoms with Crippen molar-refractivity contribution >= 4 is 11.3 Å². The summed E-state index contributed by atoms with van der Waals surface area (Å²) in [6.45, 7) is 6.66. The molecular formula is C31H29N. The summed E-state index contributed by atoms with van der Waals surface area (Å²) in [7, 11) is 0. The Bertz CT molecular complexity index is 1160. The molecule has 1 heterocycles. The molecule has 158 valence electrons. The van der Waals surface area contributed by atoms with E-state index >= 15 is 0 Å². The van der Waals surface area contributed by atoms with Crippen LogP contribution in [0.1, 0.15) is 48.6 Å². The molecule has 4 aromatic rings. The van der Waals surface area contributed by atoms with E-state index in [0.29, 0.717) is 0 Å². The first kappa shape index (κ1) is 20.3. The van der Waals surface area contributed by atoms with E-state index in [0.717, 1.165) is 0 Å². The van der Waals surface area contributed by atoms with Crippen molar-refractivity contribution in [2.75, 3.05) is 5.32 Å². The van der Waals surface area contributed by atoms with Crippen LogP contribution in [0, 0.1) is 0 Å². The summed E-state index contributed by atoms with van der Waals surface area (Å²) >= 11 is 0. The molecule has 0 fully saturated rings. The third-order valence-corrected chi connectivity index (χ3v) is 6.53. The van der Waals surface area contributed by atoms with Crippen molar-refractivity contribution in [3.05, 3.63) is 143 Å². The van der Waals surface area contributed by atoms with Gasteiger partial charge in [0, 0.05) is 11.3 Å². The third-order valence-electron chi connectivity index (χ3n) is 6.53. The molecule has 32 heavy (non-hydrogen) atoms. The first-order valence-corrected chi connectivity index (χ1v) is 11.3. The van der Waals surface area contributed by atoms with Crippen molar-refractivity contribution in [2.45, 2.75) is 31.7 Å². The van der Waals surface area contributed by atoms with Gasteiger partial charge in [0.1, 0.15) is 0 Å². The van der Waals surface area contributed by atoms with Gasteiger partial charge in [0.25, 0.3) is 0 Å². The van der Waals surface area contributed by atoms with E-state index in [-0.39, 0.29) is 5.54 Å². The molecular weight excluding hydrogens is 386 g/mol. The van der Waals surface area contributed by atoms with Gasteiger partial charge in [-0.05, 0) is 60.7 Å². The molecule has 0 spiro atoms. The van der Waals surface area contributed by atoms with E-state index in [2.05, 4.69) is 141 Å². The summed E-state index contributed by atoms with van der Waals surface area (Å²) < 4.78 is 0. The Labute approximate surface area is 191 Å². The van der Waals surface area contributed by atoms with Crippen LogP contribution in [0.5, 0.6) is 0 Å². The Morgan fingerprint density at radius 1 is 0.594 bits per heavy atom. The molecule has 0 saturated carbocycles. The molecule has 5 rings (SSSR count). The number of anilines is 1. The highest BCUT2D eigenvalue weighted by atomic mass is 15.0. The standard InChI is InChI=1S/C31H29N/c1-23-22-30(2,3)32-29-20-19-27(21-28(23)29)31(24-13-7-4-8-14-24,25-15-9-5-10-16-25)26-17-11-6-12-18-26/h4-22,32H,1-3H3. The first-order chi connectivity index (χ1) is 15.5. The highest BCUT2D eigenvalue weighted by molar-refractivity contribution is 5.81. The number of benzene rings is 4. The topological polar surface area (TPSA) is 12.0 Å². The zero-order valence-electron chi connectivity index (χ0n) is 19.0. The minimum Gasteiger partial charge on any atom is -0.376 e. The van der Waals surface area contributed by atoms with Gasteiger partial charge in [-0.25, -0.2) is 0 Å². The fraction of sp³-hybridized carbons (Fsp3) is 0.161. The van der Waals surface area contributed by atoms with Crippen LogP contribution < -0.4 is 5.32 Å². The smallest absolute Gasteiger partial charge is 0.0701 e. The first-order valence-electron chi connectivity index (χ1n) is 11.3. The Hall–Kier alpha value is -3.58. The van der Waals surface area contributed by atoms with Crippen LogP contribution in [0.2, 0.25) is 0 Å². The van der Waals surface area contributed by atoms with E-state index in [1.807, 2.05) is 0 Å². The number of hydrogen-bond acceptors (Lipinski definition) is 1. The molecule has 0 amide bonds. The van der Waals surface area contributed by atoms with E-state index in [1.54, 1.807) is 0 Å². The quantitative estimate of drug-likeness (QED) is 0.337. The van der Waals surface area contributed by atoms with Gasteiger partial charge < -0.3 is 5.32 Å². The van der Waals surface area contributed by atoms with Crippen molar-refractivity contribution in [1.29, 1.82) is 0 Å². The molecule has 1 nitrogen and oxygen atoms in total. The molecule has 1 aliphatic heterocycles. The van der Waals surface area contributed by atoms with Crippen molar-refractivity contribution in [3.63, 3.8) is 0 Å². The normalized spacial score (nSPS) is 14.8. The molecule has 1 aliphatic rings. The second kappa shape index (κ2) is 7.84. The molecule has 0 aromatic heterocycles. The zero-order valence-corrected chi connectivity index (χ0v) is 19.0. The molecule has 0 saturated heterocycles. The highest BCUT2D eigenvalue weighted by Crippen LogP contribution is 2.47. The zero-order chi connectivity index (χ0) is 22.2. The fourth-order valence-corrected chi connectivity index (χ4v) is 5.28. The predicted octanol–water partition coefficient (Wildman–Crippen LogP) is 7.68. The third kappa shape index (κ3) is 3.35. The lowest BCUT2D eigenvalue weighted by atomic mass is 9.64. The van der Waals surface area contributed by atoms with Gasteiger partial charge in [0.2, 0.25) is 0 Å². The minimum absolute atomic E-state index is 0.0476.